The third kappa shape index (κ3) is 3.78. The van der Waals surface area contributed by atoms with Crippen molar-refractivity contribution in [1.82, 2.24) is 20.0 Å². The smallest absolute Gasteiger partial charge is 0.222 e. The predicted octanol–water partition coefficient (Wildman–Crippen LogP) is 3.83. The Morgan fingerprint density at radius 1 is 1.26 bits per heavy atom. The van der Waals surface area contributed by atoms with Crippen molar-refractivity contribution in [2.24, 2.45) is 0 Å². The van der Waals surface area contributed by atoms with Crippen LogP contribution in [-0.4, -0.2) is 45.6 Å². The van der Waals surface area contributed by atoms with E-state index >= 15 is 0 Å². The van der Waals surface area contributed by atoms with Crippen LogP contribution in [0.4, 0.5) is 0 Å². The summed E-state index contributed by atoms with van der Waals surface area (Å²) < 4.78 is 11.6. The highest BCUT2D eigenvalue weighted by Crippen LogP contribution is 2.46. The van der Waals surface area contributed by atoms with E-state index in [1.54, 1.807) is 23.7 Å². The Labute approximate surface area is 185 Å². The van der Waals surface area contributed by atoms with Crippen molar-refractivity contribution in [3.63, 3.8) is 0 Å². The van der Waals surface area contributed by atoms with E-state index in [4.69, 9.17) is 9.26 Å². The van der Waals surface area contributed by atoms with Crippen molar-refractivity contribution in [3.05, 3.63) is 52.1 Å². The van der Waals surface area contributed by atoms with E-state index in [1.165, 1.54) is 10.4 Å². The predicted molar refractivity (Wildman–Crippen MR) is 117 cm³/mol. The van der Waals surface area contributed by atoms with Crippen LogP contribution in [0.3, 0.4) is 0 Å². The van der Waals surface area contributed by atoms with Gasteiger partial charge in [-0.2, -0.15) is 0 Å². The summed E-state index contributed by atoms with van der Waals surface area (Å²) in [6.07, 6.45) is 8.98. The van der Waals surface area contributed by atoms with E-state index in [-0.39, 0.29) is 11.5 Å². The minimum absolute atomic E-state index is 0.191. The second-order valence-corrected chi connectivity index (χ2v) is 9.45. The molecule has 31 heavy (non-hydrogen) atoms. The minimum atomic E-state index is -0.289. The lowest BCUT2D eigenvalue weighted by Crippen LogP contribution is -2.48. The second kappa shape index (κ2) is 8.16. The van der Waals surface area contributed by atoms with Gasteiger partial charge in [-0.05, 0) is 44.7 Å². The number of hydrogen-bond acceptors (Lipinski definition) is 7. The Kier molecular flexibility index (Phi) is 5.35. The molecule has 0 aromatic carbocycles. The topological polar surface area (TPSA) is 81.4 Å². The summed E-state index contributed by atoms with van der Waals surface area (Å²) >= 11 is 1.79. The van der Waals surface area contributed by atoms with Crippen LogP contribution >= 0.6 is 11.3 Å². The summed E-state index contributed by atoms with van der Waals surface area (Å²) in [4.78, 5) is 26.0. The lowest BCUT2D eigenvalue weighted by molar-refractivity contribution is -0.140. The summed E-state index contributed by atoms with van der Waals surface area (Å²) in [6, 6.07) is 2.23. The zero-order valence-corrected chi connectivity index (χ0v) is 18.7. The van der Waals surface area contributed by atoms with E-state index in [2.05, 4.69) is 21.2 Å². The molecule has 0 saturated carbocycles. The molecule has 3 aromatic heterocycles. The molecule has 0 aliphatic carbocycles. The fraction of sp³-hybridized carbons (Fsp3) is 0.478. The van der Waals surface area contributed by atoms with Crippen molar-refractivity contribution in [1.29, 1.82) is 0 Å². The Bertz CT molecular complexity index is 1060. The molecule has 8 heteroatoms. The van der Waals surface area contributed by atoms with Crippen LogP contribution in [0.5, 0.6) is 0 Å². The fourth-order valence-corrected chi connectivity index (χ4v) is 5.94. The number of carbonyl (C=O) groups excluding carboxylic acids is 1. The molecule has 1 saturated heterocycles. The molecule has 7 nitrogen and oxygen atoms in total. The SMILES string of the molecule is Cc1noc(C)c1CCC(=O)N1CCC2(CC1)OCCc1sc(-c3cnccn3)cc12. The molecule has 2 aliphatic rings. The average Bonchev–Trinajstić information content (AvgIpc) is 3.38. The van der Waals surface area contributed by atoms with E-state index in [0.29, 0.717) is 12.8 Å². The van der Waals surface area contributed by atoms with Gasteiger partial charge in [-0.1, -0.05) is 5.16 Å². The van der Waals surface area contributed by atoms with Gasteiger partial charge in [-0.3, -0.25) is 14.8 Å². The van der Waals surface area contributed by atoms with Crippen LogP contribution in [0.2, 0.25) is 0 Å². The largest absolute Gasteiger partial charge is 0.370 e. The van der Waals surface area contributed by atoms with Gasteiger partial charge in [0, 0.05) is 48.8 Å². The number of aromatic nitrogens is 3. The van der Waals surface area contributed by atoms with Crippen molar-refractivity contribution in [3.8, 4) is 10.6 Å². The molecule has 5 heterocycles. The molecular weight excluding hydrogens is 412 g/mol. The lowest BCUT2D eigenvalue weighted by Gasteiger charge is -2.44. The van der Waals surface area contributed by atoms with Gasteiger partial charge in [0.05, 0.1) is 34.7 Å². The normalized spacial score (nSPS) is 17.7. The van der Waals surface area contributed by atoms with Crippen LogP contribution in [0.1, 0.15) is 46.7 Å². The first-order chi connectivity index (χ1) is 15.1. The second-order valence-electron chi connectivity index (χ2n) is 8.31. The first kappa shape index (κ1) is 20.3. The number of amides is 1. The van der Waals surface area contributed by atoms with Crippen LogP contribution in [0.15, 0.2) is 29.2 Å². The molecule has 0 atom stereocenters. The Hall–Kier alpha value is -2.58. The number of thiophene rings is 1. The van der Waals surface area contributed by atoms with Gasteiger partial charge in [0.15, 0.2) is 0 Å². The molecule has 0 bridgehead atoms. The summed E-state index contributed by atoms with van der Waals surface area (Å²) in [7, 11) is 0. The Balaban J connectivity index is 1.27. The molecular formula is C23H26N4O3S. The number of hydrogen-bond donors (Lipinski definition) is 0. The van der Waals surface area contributed by atoms with E-state index < -0.39 is 0 Å². The van der Waals surface area contributed by atoms with Gasteiger partial charge in [0.1, 0.15) is 5.76 Å². The highest BCUT2D eigenvalue weighted by Gasteiger charge is 2.42. The molecule has 1 spiro atoms. The number of piperidine rings is 1. The number of fused-ring (bicyclic) bond motifs is 2. The first-order valence-electron chi connectivity index (χ1n) is 10.8. The van der Waals surface area contributed by atoms with Gasteiger partial charge in [-0.25, -0.2) is 0 Å². The summed E-state index contributed by atoms with van der Waals surface area (Å²) in [6.45, 7) is 5.99. The minimum Gasteiger partial charge on any atom is -0.370 e. The first-order valence-corrected chi connectivity index (χ1v) is 11.6. The quantitative estimate of drug-likeness (QED) is 0.616. The summed E-state index contributed by atoms with van der Waals surface area (Å²) in [5.41, 5.74) is 3.83. The standard InChI is InChI=1S/C23H26N4O3S/c1-15-17(16(2)30-26-15)3-4-22(28)27-10-6-23(7-11-27)18-13-21(19-14-24-8-9-25-19)31-20(18)5-12-29-23/h8-9,13-14H,3-7,10-12H2,1-2H3. The molecule has 0 N–H and O–H groups in total. The molecule has 3 aromatic rings. The zero-order chi connectivity index (χ0) is 21.4. The number of likely N-dealkylation sites (tertiary alicyclic amines) is 1. The average molecular weight is 439 g/mol. The Morgan fingerprint density at radius 3 is 2.81 bits per heavy atom. The van der Waals surface area contributed by atoms with Crippen molar-refractivity contribution in [2.45, 2.75) is 51.6 Å². The lowest BCUT2D eigenvalue weighted by atomic mass is 9.82. The van der Waals surface area contributed by atoms with E-state index in [1.807, 2.05) is 24.9 Å². The zero-order valence-electron chi connectivity index (χ0n) is 17.9. The fourth-order valence-electron chi connectivity index (χ4n) is 4.75. The number of nitrogens with zero attached hydrogens (tertiary/aromatic N) is 4. The van der Waals surface area contributed by atoms with Gasteiger partial charge >= 0.3 is 0 Å². The van der Waals surface area contributed by atoms with Crippen LogP contribution in [0, 0.1) is 13.8 Å². The van der Waals surface area contributed by atoms with Crippen LogP contribution in [-0.2, 0) is 28.0 Å². The molecule has 2 aliphatic heterocycles. The molecule has 0 unspecified atom stereocenters. The van der Waals surface area contributed by atoms with Crippen LogP contribution < -0.4 is 0 Å². The maximum Gasteiger partial charge on any atom is 0.222 e. The van der Waals surface area contributed by atoms with E-state index in [9.17, 15) is 4.79 Å². The van der Waals surface area contributed by atoms with Crippen molar-refractivity contribution < 1.29 is 14.1 Å². The molecule has 162 valence electrons. The number of carbonyl (C=O) groups is 1. The number of aryl methyl sites for hydroxylation is 2. The Morgan fingerprint density at radius 2 is 2.10 bits per heavy atom. The van der Waals surface area contributed by atoms with Gasteiger partial charge in [0.25, 0.3) is 0 Å². The maximum atomic E-state index is 12.8. The highest BCUT2D eigenvalue weighted by atomic mass is 32.1. The van der Waals surface area contributed by atoms with E-state index in [0.717, 1.165) is 66.5 Å². The summed E-state index contributed by atoms with van der Waals surface area (Å²) in [5.74, 6) is 0.999. The third-order valence-corrected chi connectivity index (χ3v) is 7.73. The highest BCUT2D eigenvalue weighted by molar-refractivity contribution is 7.15. The molecule has 1 amide bonds. The monoisotopic (exact) mass is 438 g/mol. The third-order valence-electron chi connectivity index (χ3n) is 6.52. The van der Waals surface area contributed by atoms with Crippen molar-refractivity contribution >= 4 is 17.2 Å². The molecule has 0 radical (unpaired) electrons. The van der Waals surface area contributed by atoms with Crippen LogP contribution in [0.25, 0.3) is 10.6 Å². The van der Waals surface area contributed by atoms with Gasteiger partial charge in [0.2, 0.25) is 5.91 Å². The molecule has 1 fully saturated rings. The number of ether oxygens (including phenoxy) is 1. The van der Waals surface area contributed by atoms with Gasteiger partial charge < -0.3 is 14.2 Å². The number of rotatable bonds is 4. The van der Waals surface area contributed by atoms with Gasteiger partial charge in [-0.15, -0.1) is 11.3 Å². The van der Waals surface area contributed by atoms with Crippen molar-refractivity contribution in [2.75, 3.05) is 19.7 Å². The maximum absolute atomic E-state index is 12.8. The molecule has 5 rings (SSSR count). The summed E-state index contributed by atoms with van der Waals surface area (Å²) in [5, 5.41) is 3.99.